The summed E-state index contributed by atoms with van der Waals surface area (Å²) in [7, 11) is 0. The lowest BCUT2D eigenvalue weighted by molar-refractivity contribution is -0.203. The largest absolute Gasteiger partial charge is 0.350 e. The summed E-state index contributed by atoms with van der Waals surface area (Å²) in [5.74, 6) is -3.14. The second kappa shape index (κ2) is 13.0. The van der Waals surface area contributed by atoms with E-state index in [1.54, 1.807) is 0 Å². The van der Waals surface area contributed by atoms with Gasteiger partial charge in [-0.2, -0.15) is 5.01 Å². The molecule has 2 aliphatic rings. The van der Waals surface area contributed by atoms with Gasteiger partial charge >= 0.3 is 6.03 Å². The van der Waals surface area contributed by atoms with Crippen LogP contribution in [0, 0.1) is 17.8 Å². The molecule has 2 saturated heterocycles. The van der Waals surface area contributed by atoms with E-state index in [1.165, 1.54) is 0 Å². The van der Waals surface area contributed by atoms with Gasteiger partial charge in [-0.25, -0.2) is 15.1 Å². The van der Waals surface area contributed by atoms with Crippen molar-refractivity contribution in [1.82, 2.24) is 21.2 Å². The normalized spacial score (nSPS) is 20.1. The third-order valence-electron chi connectivity index (χ3n) is 5.88. The highest BCUT2D eigenvalue weighted by Gasteiger charge is 2.38. The van der Waals surface area contributed by atoms with E-state index < -0.39 is 41.9 Å². The number of hydrogen-bond donors (Lipinski definition) is 3. The van der Waals surface area contributed by atoms with E-state index in [2.05, 4.69) is 16.2 Å². The van der Waals surface area contributed by atoms with E-state index in [4.69, 9.17) is 9.57 Å². The first-order valence-electron chi connectivity index (χ1n) is 12.0. The zero-order valence-electron chi connectivity index (χ0n) is 20.2. The van der Waals surface area contributed by atoms with Crippen LogP contribution in [0.3, 0.4) is 0 Å². The summed E-state index contributed by atoms with van der Waals surface area (Å²) in [4.78, 5) is 55.9. The topological polar surface area (TPSA) is 126 Å². The van der Waals surface area contributed by atoms with Crippen molar-refractivity contribution in [2.24, 2.45) is 17.8 Å². The molecule has 0 aliphatic carbocycles. The SMILES string of the molecule is CC(C)C[C@@H](C(=O)NN1C(=O)CNC1=O)[C@@H](C/C=C/c1ccccc1)C(=O)NOC1CCCCO1. The van der Waals surface area contributed by atoms with Crippen molar-refractivity contribution in [2.45, 2.75) is 52.2 Å². The van der Waals surface area contributed by atoms with E-state index in [0.29, 0.717) is 24.5 Å². The third kappa shape index (κ3) is 7.90. The number of nitrogens with one attached hydrogen (secondary N) is 3. The van der Waals surface area contributed by atoms with Gasteiger partial charge < -0.3 is 10.1 Å². The first-order chi connectivity index (χ1) is 16.8. The Kier molecular flexibility index (Phi) is 9.80. The molecule has 0 bridgehead atoms. The van der Waals surface area contributed by atoms with E-state index in [9.17, 15) is 19.2 Å². The molecule has 2 aliphatic heterocycles. The average molecular weight is 487 g/mol. The maximum atomic E-state index is 13.3. The minimum atomic E-state index is -0.813. The van der Waals surface area contributed by atoms with Crippen LogP contribution in [0.5, 0.6) is 0 Å². The van der Waals surface area contributed by atoms with Crippen molar-refractivity contribution >= 4 is 29.8 Å². The number of hydrazine groups is 1. The summed E-state index contributed by atoms with van der Waals surface area (Å²) in [6.45, 7) is 4.26. The van der Waals surface area contributed by atoms with E-state index in [0.717, 1.165) is 18.4 Å². The molecule has 1 aromatic carbocycles. The predicted molar refractivity (Wildman–Crippen MR) is 128 cm³/mol. The maximum absolute atomic E-state index is 13.3. The Balaban J connectivity index is 1.77. The number of amides is 5. The standard InChI is InChI=1S/C25H34N4O6/c1-17(2)15-20(23(31)27-29-21(30)16-26-25(29)33)19(12-8-11-18-9-4-3-5-10-18)24(32)28-35-22-13-6-7-14-34-22/h3-5,8-11,17,19-20,22H,6-7,12-16H2,1-2H3,(H,26,33)(H,27,31)(H,28,32)/b11-8+/t19-,20-,22?/m1/s1. The summed E-state index contributed by atoms with van der Waals surface area (Å²) in [6.07, 6.45) is 6.36. The van der Waals surface area contributed by atoms with Crippen LogP contribution in [0.25, 0.3) is 6.08 Å². The van der Waals surface area contributed by atoms with Crippen LogP contribution < -0.4 is 16.2 Å². The highest BCUT2D eigenvalue weighted by atomic mass is 16.8. The van der Waals surface area contributed by atoms with Crippen LogP contribution >= 0.6 is 0 Å². The molecule has 5 amide bonds. The van der Waals surface area contributed by atoms with Crippen LogP contribution in [0.15, 0.2) is 36.4 Å². The van der Waals surface area contributed by atoms with Gasteiger partial charge in [0.2, 0.25) is 11.8 Å². The number of rotatable bonds is 11. The monoisotopic (exact) mass is 486 g/mol. The zero-order valence-corrected chi connectivity index (χ0v) is 20.2. The minimum absolute atomic E-state index is 0.0739. The first-order valence-corrected chi connectivity index (χ1v) is 12.0. The summed E-state index contributed by atoms with van der Waals surface area (Å²) < 4.78 is 5.51. The molecular formula is C25H34N4O6. The van der Waals surface area contributed by atoms with Gasteiger partial charge in [-0.15, -0.1) is 0 Å². The molecule has 2 fully saturated rings. The van der Waals surface area contributed by atoms with Crippen LogP contribution in [0.2, 0.25) is 0 Å². The van der Waals surface area contributed by atoms with Crippen molar-refractivity contribution < 1.29 is 28.8 Å². The number of imide groups is 1. The van der Waals surface area contributed by atoms with Gasteiger partial charge in [0.25, 0.3) is 5.91 Å². The number of carbonyl (C=O) groups excluding carboxylic acids is 4. The number of hydrogen-bond acceptors (Lipinski definition) is 6. The molecule has 1 unspecified atom stereocenters. The Hall–Kier alpha value is -3.24. The second-order valence-electron chi connectivity index (χ2n) is 9.14. The second-order valence-corrected chi connectivity index (χ2v) is 9.14. The Morgan fingerprint density at radius 2 is 1.94 bits per heavy atom. The number of hydroxylamine groups is 1. The molecule has 0 spiro atoms. The van der Waals surface area contributed by atoms with Gasteiger partial charge in [0.15, 0.2) is 6.29 Å². The molecule has 10 heteroatoms. The molecule has 190 valence electrons. The molecule has 0 saturated carbocycles. The van der Waals surface area contributed by atoms with Crippen molar-refractivity contribution in [3.8, 4) is 0 Å². The Labute approximate surface area is 205 Å². The Morgan fingerprint density at radius 3 is 2.57 bits per heavy atom. The molecular weight excluding hydrogens is 452 g/mol. The smallest absolute Gasteiger partial charge is 0.343 e. The van der Waals surface area contributed by atoms with Crippen LogP contribution in [-0.4, -0.2) is 48.2 Å². The van der Waals surface area contributed by atoms with Gasteiger partial charge in [0.05, 0.1) is 11.8 Å². The van der Waals surface area contributed by atoms with Gasteiger partial charge in [0, 0.05) is 13.0 Å². The first kappa shape index (κ1) is 26.4. The summed E-state index contributed by atoms with van der Waals surface area (Å²) in [5.41, 5.74) is 5.84. The summed E-state index contributed by atoms with van der Waals surface area (Å²) in [6, 6.07) is 8.91. The average Bonchev–Trinajstić information content (AvgIpc) is 3.17. The van der Waals surface area contributed by atoms with Crippen molar-refractivity contribution in [3.05, 3.63) is 42.0 Å². The number of benzene rings is 1. The third-order valence-corrected chi connectivity index (χ3v) is 5.88. The molecule has 1 aromatic rings. The number of urea groups is 1. The minimum Gasteiger partial charge on any atom is -0.350 e. The van der Waals surface area contributed by atoms with Crippen LogP contribution in [-0.2, 0) is 24.0 Å². The Morgan fingerprint density at radius 1 is 1.17 bits per heavy atom. The molecule has 10 nitrogen and oxygen atoms in total. The van der Waals surface area contributed by atoms with Crippen LogP contribution in [0.4, 0.5) is 4.79 Å². The zero-order chi connectivity index (χ0) is 25.2. The van der Waals surface area contributed by atoms with Crippen molar-refractivity contribution in [3.63, 3.8) is 0 Å². The fourth-order valence-electron chi connectivity index (χ4n) is 4.06. The number of allylic oxidation sites excluding steroid dienone is 1. The van der Waals surface area contributed by atoms with E-state index in [-0.39, 0.29) is 18.9 Å². The van der Waals surface area contributed by atoms with Gasteiger partial charge in [-0.3, -0.25) is 19.8 Å². The molecule has 0 aromatic heterocycles. The van der Waals surface area contributed by atoms with Gasteiger partial charge in [-0.1, -0.05) is 56.3 Å². The highest BCUT2D eigenvalue weighted by Crippen LogP contribution is 2.26. The predicted octanol–water partition coefficient (Wildman–Crippen LogP) is 2.53. The van der Waals surface area contributed by atoms with Gasteiger partial charge in [-0.05, 0) is 37.2 Å². The fraction of sp³-hybridized carbons (Fsp3) is 0.520. The molecule has 35 heavy (non-hydrogen) atoms. The lowest BCUT2D eigenvalue weighted by Crippen LogP contribution is -2.51. The summed E-state index contributed by atoms with van der Waals surface area (Å²) in [5, 5.41) is 3.03. The van der Waals surface area contributed by atoms with Gasteiger partial charge in [0.1, 0.15) is 6.54 Å². The number of nitrogens with zero attached hydrogens (tertiary/aromatic N) is 1. The molecule has 0 radical (unpaired) electrons. The number of carbonyl (C=O) groups is 4. The van der Waals surface area contributed by atoms with Crippen LogP contribution in [0.1, 0.15) is 51.5 Å². The highest BCUT2D eigenvalue weighted by molar-refractivity contribution is 6.03. The van der Waals surface area contributed by atoms with E-state index >= 15 is 0 Å². The molecule has 3 atom stereocenters. The fourth-order valence-corrected chi connectivity index (χ4v) is 4.06. The van der Waals surface area contributed by atoms with E-state index in [1.807, 2.05) is 56.3 Å². The summed E-state index contributed by atoms with van der Waals surface area (Å²) >= 11 is 0. The number of ether oxygens (including phenoxy) is 1. The molecule has 2 heterocycles. The lowest BCUT2D eigenvalue weighted by Gasteiger charge is -2.28. The van der Waals surface area contributed by atoms with Crippen molar-refractivity contribution in [1.29, 1.82) is 0 Å². The van der Waals surface area contributed by atoms with Crippen molar-refractivity contribution in [2.75, 3.05) is 13.2 Å². The maximum Gasteiger partial charge on any atom is 0.343 e. The quantitative estimate of drug-likeness (QED) is 0.326. The molecule has 3 N–H and O–H groups in total. The Bertz CT molecular complexity index is 898. The lowest BCUT2D eigenvalue weighted by atomic mass is 9.82. The molecule has 3 rings (SSSR count).